The van der Waals surface area contributed by atoms with Gasteiger partial charge in [0, 0.05) is 18.7 Å². The average molecular weight is 374 g/mol. The minimum Gasteiger partial charge on any atom is -0.464 e. The van der Waals surface area contributed by atoms with Gasteiger partial charge in [0.1, 0.15) is 11.8 Å². The lowest BCUT2D eigenvalue weighted by Crippen LogP contribution is -2.36. The van der Waals surface area contributed by atoms with Gasteiger partial charge in [-0.05, 0) is 43.5 Å². The van der Waals surface area contributed by atoms with Gasteiger partial charge in [-0.2, -0.15) is 0 Å². The van der Waals surface area contributed by atoms with Crippen LogP contribution in [0.4, 0.5) is 5.69 Å². The molecule has 1 fully saturated rings. The number of carbonyl (C=O) groups excluding carboxylic acids is 1. The molecule has 0 radical (unpaired) electrons. The number of nitrogens with one attached hydrogen (secondary N) is 1. The third-order valence-corrected chi connectivity index (χ3v) is 5.92. The van der Waals surface area contributed by atoms with E-state index in [-0.39, 0.29) is 23.4 Å². The zero-order chi connectivity index (χ0) is 19.3. The first-order valence-electron chi connectivity index (χ1n) is 9.79. The summed E-state index contributed by atoms with van der Waals surface area (Å²) >= 11 is 0. The molecule has 5 heteroatoms. The van der Waals surface area contributed by atoms with Crippen LogP contribution in [0, 0.1) is 6.92 Å². The molecule has 2 aliphatic heterocycles. The van der Waals surface area contributed by atoms with Crippen LogP contribution < -0.4 is 10.7 Å². The van der Waals surface area contributed by atoms with Crippen LogP contribution in [0.15, 0.2) is 57.9 Å². The summed E-state index contributed by atoms with van der Waals surface area (Å²) in [5.41, 5.74) is 4.48. The van der Waals surface area contributed by atoms with E-state index in [1.165, 1.54) is 5.56 Å². The number of carbonyl (C=O) groups is 1. The molecule has 2 aliphatic rings. The molecular weight excluding hydrogens is 352 g/mol. The lowest BCUT2D eigenvalue weighted by Gasteiger charge is -2.38. The smallest absolute Gasteiger partial charge is 0.223 e. The molecule has 0 aliphatic carbocycles. The van der Waals surface area contributed by atoms with E-state index < -0.39 is 0 Å². The predicted octanol–water partition coefficient (Wildman–Crippen LogP) is 4.32. The van der Waals surface area contributed by atoms with Crippen molar-refractivity contribution >= 4 is 22.6 Å². The molecule has 28 heavy (non-hydrogen) atoms. The summed E-state index contributed by atoms with van der Waals surface area (Å²) in [5.74, 6) is 0.198. The first-order valence-corrected chi connectivity index (χ1v) is 9.79. The molecule has 1 saturated heterocycles. The maximum Gasteiger partial charge on any atom is 0.223 e. The summed E-state index contributed by atoms with van der Waals surface area (Å²) in [5, 5.41) is 4.10. The zero-order valence-corrected chi connectivity index (χ0v) is 15.8. The minimum atomic E-state index is -0.200. The summed E-state index contributed by atoms with van der Waals surface area (Å²) in [6.45, 7) is 2.84. The highest BCUT2D eigenvalue weighted by atomic mass is 16.3. The highest BCUT2D eigenvalue weighted by Crippen LogP contribution is 2.43. The first-order chi connectivity index (χ1) is 13.6. The van der Waals surface area contributed by atoms with Gasteiger partial charge >= 0.3 is 0 Å². The molecule has 1 amide bonds. The maximum absolute atomic E-state index is 13.1. The Labute approximate surface area is 163 Å². The average Bonchev–Trinajstić information content (AvgIpc) is 3.13. The summed E-state index contributed by atoms with van der Waals surface area (Å²) in [6, 6.07) is 13.3. The van der Waals surface area contributed by atoms with Crippen LogP contribution in [0.1, 0.15) is 48.0 Å². The number of amides is 1. The van der Waals surface area contributed by atoms with Gasteiger partial charge in [-0.1, -0.05) is 29.8 Å². The Morgan fingerprint density at radius 3 is 2.79 bits per heavy atom. The maximum atomic E-state index is 13.1. The fourth-order valence-corrected chi connectivity index (χ4v) is 4.52. The van der Waals surface area contributed by atoms with E-state index in [0.29, 0.717) is 29.4 Å². The molecule has 142 valence electrons. The van der Waals surface area contributed by atoms with Gasteiger partial charge < -0.3 is 14.6 Å². The molecule has 0 spiro atoms. The van der Waals surface area contributed by atoms with Gasteiger partial charge in [0.15, 0.2) is 5.43 Å². The van der Waals surface area contributed by atoms with Gasteiger partial charge in [0.2, 0.25) is 5.91 Å². The Kier molecular flexibility index (Phi) is 3.97. The third kappa shape index (κ3) is 2.70. The summed E-state index contributed by atoms with van der Waals surface area (Å²) in [7, 11) is 0. The van der Waals surface area contributed by atoms with E-state index in [9.17, 15) is 9.59 Å². The molecule has 5 rings (SSSR count). The Morgan fingerprint density at radius 1 is 1.11 bits per heavy atom. The van der Waals surface area contributed by atoms with Crippen molar-refractivity contribution < 1.29 is 9.21 Å². The number of hydrogen-bond donors (Lipinski definition) is 1. The highest BCUT2D eigenvalue weighted by Gasteiger charge is 2.36. The number of anilines is 1. The second-order valence-corrected chi connectivity index (χ2v) is 7.75. The van der Waals surface area contributed by atoms with E-state index in [4.69, 9.17) is 4.42 Å². The fraction of sp³-hybridized carbons (Fsp3) is 0.304. The summed E-state index contributed by atoms with van der Waals surface area (Å²) in [6.07, 6.45) is 3.73. The molecular formula is C23H22N2O3. The van der Waals surface area contributed by atoms with E-state index in [0.717, 1.165) is 24.2 Å². The van der Waals surface area contributed by atoms with Crippen molar-refractivity contribution in [2.24, 2.45) is 0 Å². The first kappa shape index (κ1) is 17.0. The number of fused-ring (bicyclic) bond motifs is 2. The van der Waals surface area contributed by atoms with E-state index in [1.54, 1.807) is 18.4 Å². The number of rotatable bonds is 2. The monoisotopic (exact) mass is 374 g/mol. The number of benzene rings is 2. The van der Waals surface area contributed by atoms with Crippen molar-refractivity contribution in [3.05, 3.63) is 75.6 Å². The van der Waals surface area contributed by atoms with Crippen LogP contribution in [0.3, 0.4) is 0 Å². The standard InChI is InChI=1S/C23H22N2O3/c1-14-8-9-18-16(11-14)20(25-10-4-7-22(25)26)12-19(24-18)17-13-28-21-6-3-2-5-15(21)23(17)27/h2-3,5-6,8-9,11,13,19-20,24H,4,7,10,12H2,1H3. The molecule has 0 bridgehead atoms. The number of nitrogens with zero attached hydrogens (tertiary/aromatic N) is 1. The van der Waals surface area contributed by atoms with Crippen molar-refractivity contribution in [3.8, 4) is 0 Å². The van der Waals surface area contributed by atoms with Crippen LogP contribution in [0.5, 0.6) is 0 Å². The highest BCUT2D eigenvalue weighted by molar-refractivity contribution is 5.79. The van der Waals surface area contributed by atoms with E-state index in [1.807, 2.05) is 23.1 Å². The quantitative estimate of drug-likeness (QED) is 0.726. The van der Waals surface area contributed by atoms with E-state index >= 15 is 0 Å². The Balaban J connectivity index is 1.61. The zero-order valence-electron chi connectivity index (χ0n) is 15.8. The molecule has 3 heterocycles. The Bertz CT molecular complexity index is 1130. The molecule has 3 aromatic rings. The molecule has 0 saturated carbocycles. The molecule has 2 aromatic carbocycles. The van der Waals surface area contributed by atoms with Crippen LogP contribution in [-0.2, 0) is 4.79 Å². The van der Waals surface area contributed by atoms with Gasteiger partial charge in [0.25, 0.3) is 0 Å². The number of hydrogen-bond acceptors (Lipinski definition) is 4. The SMILES string of the molecule is Cc1ccc2c(c1)C(N1CCCC1=O)CC(c1coc3ccccc3c1=O)N2. The number of aryl methyl sites for hydroxylation is 1. The van der Waals surface area contributed by atoms with Crippen LogP contribution in [-0.4, -0.2) is 17.4 Å². The van der Waals surface area contributed by atoms with Gasteiger partial charge in [-0.3, -0.25) is 9.59 Å². The van der Waals surface area contributed by atoms with Crippen LogP contribution in [0.2, 0.25) is 0 Å². The Morgan fingerprint density at radius 2 is 1.96 bits per heavy atom. The van der Waals surface area contributed by atoms with Crippen molar-refractivity contribution in [1.82, 2.24) is 4.90 Å². The second-order valence-electron chi connectivity index (χ2n) is 7.75. The third-order valence-electron chi connectivity index (χ3n) is 5.92. The van der Waals surface area contributed by atoms with Crippen molar-refractivity contribution in [2.75, 3.05) is 11.9 Å². The van der Waals surface area contributed by atoms with Crippen LogP contribution in [0.25, 0.3) is 11.0 Å². The molecule has 1 N–H and O–H groups in total. The van der Waals surface area contributed by atoms with E-state index in [2.05, 4.69) is 24.4 Å². The van der Waals surface area contributed by atoms with Crippen molar-refractivity contribution in [3.63, 3.8) is 0 Å². The van der Waals surface area contributed by atoms with Crippen molar-refractivity contribution in [2.45, 2.75) is 38.3 Å². The van der Waals surface area contributed by atoms with Gasteiger partial charge in [-0.15, -0.1) is 0 Å². The lowest BCUT2D eigenvalue weighted by molar-refractivity contribution is -0.130. The molecule has 1 aromatic heterocycles. The van der Waals surface area contributed by atoms with Crippen molar-refractivity contribution in [1.29, 1.82) is 0 Å². The van der Waals surface area contributed by atoms with Gasteiger partial charge in [-0.25, -0.2) is 0 Å². The predicted molar refractivity (Wildman–Crippen MR) is 108 cm³/mol. The molecule has 2 unspecified atom stereocenters. The second kappa shape index (κ2) is 6.51. The molecule has 2 atom stereocenters. The molecule has 5 nitrogen and oxygen atoms in total. The number of likely N-dealkylation sites (tertiary alicyclic amines) is 1. The largest absolute Gasteiger partial charge is 0.464 e. The van der Waals surface area contributed by atoms with Gasteiger partial charge in [0.05, 0.1) is 23.0 Å². The fourth-order valence-electron chi connectivity index (χ4n) is 4.52. The minimum absolute atomic E-state index is 0.0126. The lowest BCUT2D eigenvalue weighted by atomic mass is 9.88. The van der Waals surface area contributed by atoms with Crippen LogP contribution >= 0.6 is 0 Å². The summed E-state index contributed by atoms with van der Waals surface area (Å²) in [4.78, 5) is 27.6. The number of para-hydroxylation sites is 1. The summed E-state index contributed by atoms with van der Waals surface area (Å²) < 4.78 is 5.75. The topological polar surface area (TPSA) is 62.6 Å². The normalized spacial score (nSPS) is 21.6. The Hall–Kier alpha value is -3.08.